The van der Waals surface area contributed by atoms with Crippen LogP contribution < -0.4 is 0 Å². The van der Waals surface area contributed by atoms with Gasteiger partial charge in [0.15, 0.2) is 5.82 Å². The molecule has 0 amide bonds. The molecule has 76 valence electrons. The van der Waals surface area contributed by atoms with E-state index in [1.807, 2.05) is 0 Å². The van der Waals surface area contributed by atoms with Crippen molar-refractivity contribution in [3.8, 4) is 0 Å². The molecule has 1 saturated heterocycles. The molecule has 0 aromatic carbocycles. The van der Waals surface area contributed by atoms with E-state index >= 15 is 0 Å². The lowest BCUT2D eigenvalue weighted by Crippen LogP contribution is -2.27. The molecule has 1 atom stereocenters. The molecule has 0 saturated carbocycles. The molecule has 1 aromatic heterocycles. The van der Waals surface area contributed by atoms with E-state index in [0.29, 0.717) is 18.2 Å². The fraction of sp³-hybridized carbons (Fsp3) is 0.667. The molecular weight excluding hydrogens is 182 g/mol. The molecule has 14 heavy (non-hydrogen) atoms. The summed E-state index contributed by atoms with van der Waals surface area (Å²) in [5.41, 5.74) is 0. The van der Waals surface area contributed by atoms with E-state index in [1.165, 1.54) is 12.8 Å². The average molecular weight is 195 g/mol. The van der Waals surface area contributed by atoms with Gasteiger partial charge in [0, 0.05) is 12.5 Å². The number of rotatable bonds is 3. The van der Waals surface area contributed by atoms with Gasteiger partial charge in [-0.2, -0.15) is 4.98 Å². The van der Waals surface area contributed by atoms with Crippen molar-refractivity contribution in [1.82, 2.24) is 15.0 Å². The topological polar surface area (TPSA) is 59.2 Å². The molecule has 0 spiro atoms. The Morgan fingerprint density at radius 3 is 3.14 bits per heavy atom. The Hall–Kier alpha value is -1.23. The first-order valence-electron chi connectivity index (χ1n) is 4.77. The van der Waals surface area contributed by atoms with Crippen molar-refractivity contribution in [2.24, 2.45) is 0 Å². The smallest absolute Gasteiger partial charge is 0.290 e. The van der Waals surface area contributed by atoms with Crippen LogP contribution in [0.5, 0.6) is 0 Å². The van der Waals surface area contributed by atoms with Crippen LogP contribution in [0.3, 0.4) is 0 Å². The highest BCUT2D eigenvalue weighted by atomic mass is 16.5. The zero-order valence-corrected chi connectivity index (χ0v) is 8.14. The number of aromatic nitrogens is 2. The number of likely N-dealkylation sites (N-methyl/N-ethyl adjacent to an activating group) is 1. The van der Waals surface area contributed by atoms with Gasteiger partial charge in [0.25, 0.3) is 5.89 Å². The first-order chi connectivity index (χ1) is 6.79. The molecule has 2 heterocycles. The molecule has 1 unspecified atom stereocenters. The maximum absolute atomic E-state index is 10.3. The van der Waals surface area contributed by atoms with E-state index in [0.717, 1.165) is 13.0 Å². The van der Waals surface area contributed by atoms with Crippen LogP contribution in [0.4, 0.5) is 0 Å². The number of hydrogen-bond acceptors (Lipinski definition) is 5. The van der Waals surface area contributed by atoms with E-state index in [1.54, 1.807) is 0 Å². The molecule has 1 aliphatic heterocycles. The van der Waals surface area contributed by atoms with Gasteiger partial charge in [-0.25, -0.2) is 0 Å². The Kier molecular flexibility index (Phi) is 2.58. The number of aldehydes is 1. The normalized spacial score (nSPS) is 22.8. The zero-order chi connectivity index (χ0) is 9.97. The summed E-state index contributed by atoms with van der Waals surface area (Å²) < 4.78 is 4.71. The van der Waals surface area contributed by atoms with Gasteiger partial charge in [0.05, 0.1) is 0 Å². The number of hydrogen-bond donors (Lipinski definition) is 0. The van der Waals surface area contributed by atoms with Crippen LogP contribution in [0.1, 0.15) is 29.4 Å². The monoisotopic (exact) mass is 195 g/mol. The van der Waals surface area contributed by atoms with E-state index in [-0.39, 0.29) is 5.89 Å². The molecule has 0 radical (unpaired) electrons. The zero-order valence-electron chi connectivity index (χ0n) is 8.14. The molecule has 0 aliphatic carbocycles. The number of carbonyl (C=O) groups is 1. The highest BCUT2D eigenvalue weighted by molar-refractivity contribution is 5.66. The third-order valence-corrected chi connectivity index (χ3v) is 2.67. The third kappa shape index (κ3) is 1.82. The van der Waals surface area contributed by atoms with E-state index < -0.39 is 0 Å². The second-order valence-electron chi connectivity index (χ2n) is 3.65. The fourth-order valence-electron chi connectivity index (χ4n) is 1.85. The van der Waals surface area contributed by atoms with Crippen molar-refractivity contribution in [1.29, 1.82) is 0 Å². The van der Waals surface area contributed by atoms with Crippen LogP contribution in [-0.2, 0) is 6.42 Å². The highest BCUT2D eigenvalue weighted by Gasteiger charge is 2.22. The minimum atomic E-state index is 0.0700. The van der Waals surface area contributed by atoms with Crippen molar-refractivity contribution in [3.63, 3.8) is 0 Å². The number of carbonyl (C=O) groups excluding carboxylic acids is 1. The van der Waals surface area contributed by atoms with Crippen LogP contribution in [0.2, 0.25) is 0 Å². The van der Waals surface area contributed by atoms with E-state index in [2.05, 4.69) is 22.1 Å². The molecule has 2 rings (SSSR count). The largest absolute Gasteiger partial charge is 0.331 e. The van der Waals surface area contributed by atoms with Gasteiger partial charge in [0.2, 0.25) is 6.29 Å². The van der Waals surface area contributed by atoms with Gasteiger partial charge < -0.3 is 9.42 Å². The van der Waals surface area contributed by atoms with Crippen LogP contribution in [-0.4, -0.2) is 41.0 Å². The highest BCUT2D eigenvalue weighted by Crippen LogP contribution is 2.17. The molecule has 1 aromatic rings. The summed E-state index contributed by atoms with van der Waals surface area (Å²) in [5.74, 6) is 0.700. The summed E-state index contributed by atoms with van der Waals surface area (Å²) in [6, 6.07) is 0.493. The lowest BCUT2D eigenvalue weighted by molar-refractivity contribution is 0.108. The van der Waals surface area contributed by atoms with Crippen molar-refractivity contribution in [2.75, 3.05) is 13.6 Å². The second kappa shape index (κ2) is 3.88. The molecule has 5 nitrogen and oxygen atoms in total. The van der Waals surface area contributed by atoms with Gasteiger partial charge in [-0.1, -0.05) is 5.16 Å². The van der Waals surface area contributed by atoms with Gasteiger partial charge in [-0.15, -0.1) is 0 Å². The average Bonchev–Trinajstić information content (AvgIpc) is 2.77. The van der Waals surface area contributed by atoms with Crippen molar-refractivity contribution in [3.05, 3.63) is 11.7 Å². The first kappa shape index (κ1) is 9.33. The van der Waals surface area contributed by atoms with Gasteiger partial charge >= 0.3 is 0 Å². The predicted octanol–water partition coefficient (Wildman–Crippen LogP) is 0.519. The Bertz CT molecular complexity index is 324. The quantitative estimate of drug-likeness (QED) is 0.658. The first-order valence-corrected chi connectivity index (χ1v) is 4.77. The second-order valence-corrected chi connectivity index (χ2v) is 3.65. The third-order valence-electron chi connectivity index (χ3n) is 2.67. The predicted molar refractivity (Wildman–Crippen MR) is 49.0 cm³/mol. The lowest BCUT2D eigenvalue weighted by atomic mass is 10.1. The summed E-state index contributed by atoms with van der Waals surface area (Å²) in [6.07, 6.45) is 3.74. The Morgan fingerprint density at radius 1 is 1.71 bits per heavy atom. The maximum atomic E-state index is 10.3. The van der Waals surface area contributed by atoms with Crippen LogP contribution >= 0.6 is 0 Å². The van der Waals surface area contributed by atoms with Crippen molar-refractivity contribution >= 4 is 6.29 Å². The maximum Gasteiger partial charge on any atom is 0.290 e. The van der Waals surface area contributed by atoms with Gasteiger partial charge in [-0.3, -0.25) is 4.79 Å². The number of nitrogens with zero attached hydrogens (tertiary/aromatic N) is 3. The minimum absolute atomic E-state index is 0.0700. The molecule has 1 fully saturated rings. The number of likely N-dealkylation sites (tertiary alicyclic amines) is 1. The Balaban J connectivity index is 1.99. The Labute approximate surface area is 82.1 Å². The van der Waals surface area contributed by atoms with Crippen LogP contribution in [0, 0.1) is 0 Å². The minimum Gasteiger partial charge on any atom is -0.331 e. The summed E-state index contributed by atoms with van der Waals surface area (Å²) in [4.78, 5) is 16.6. The molecule has 5 heteroatoms. The molecule has 0 N–H and O–H groups in total. The van der Waals surface area contributed by atoms with E-state index in [9.17, 15) is 4.79 Å². The molecule has 0 bridgehead atoms. The fourth-order valence-corrected chi connectivity index (χ4v) is 1.85. The summed E-state index contributed by atoms with van der Waals surface area (Å²) in [6.45, 7) is 1.13. The summed E-state index contributed by atoms with van der Waals surface area (Å²) in [5, 5.41) is 3.74. The van der Waals surface area contributed by atoms with Crippen LogP contribution in [0.15, 0.2) is 4.52 Å². The van der Waals surface area contributed by atoms with Crippen molar-refractivity contribution < 1.29 is 9.32 Å². The SMILES string of the molecule is CN1CCCC1Cc1noc(C=O)n1. The summed E-state index contributed by atoms with van der Waals surface area (Å²) >= 11 is 0. The Morgan fingerprint density at radius 2 is 2.57 bits per heavy atom. The lowest BCUT2D eigenvalue weighted by Gasteiger charge is -2.16. The van der Waals surface area contributed by atoms with Gasteiger partial charge in [0.1, 0.15) is 0 Å². The van der Waals surface area contributed by atoms with Gasteiger partial charge in [-0.05, 0) is 26.4 Å². The summed E-state index contributed by atoms with van der Waals surface area (Å²) in [7, 11) is 2.10. The molecule has 1 aliphatic rings. The van der Waals surface area contributed by atoms with Crippen LogP contribution in [0.25, 0.3) is 0 Å². The van der Waals surface area contributed by atoms with Crippen molar-refractivity contribution in [2.45, 2.75) is 25.3 Å². The standard InChI is InChI=1S/C9H13N3O2/c1-12-4-2-3-7(12)5-8-10-9(6-13)14-11-8/h6-7H,2-5H2,1H3. The molecular formula is C9H13N3O2. The van der Waals surface area contributed by atoms with E-state index in [4.69, 9.17) is 4.52 Å².